The van der Waals surface area contributed by atoms with Crippen molar-refractivity contribution >= 4 is 57.6 Å². The van der Waals surface area contributed by atoms with Crippen LogP contribution in [-0.4, -0.2) is 97.3 Å². The van der Waals surface area contributed by atoms with Gasteiger partial charge in [-0.25, -0.2) is 0 Å². The van der Waals surface area contributed by atoms with E-state index in [-0.39, 0.29) is 10.8 Å². The Morgan fingerprint density at radius 1 is 0.720 bits per heavy atom. The van der Waals surface area contributed by atoms with Gasteiger partial charge in [0.2, 0.25) is 0 Å². The third-order valence-corrected chi connectivity index (χ3v) is 19.0. The molecule has 0 amide bonds. The number of hydrogen-bond acceptors (Lipinski definition) is 6. The molecule has 2 saturated heterocycles. The van der Waals surface area contributed by atoms with Crippen LogP contribution in [0.4, 0.5) is 0 Å². The normalized spacial score (nSPS) is 27.8. The van der Waals surface area contributed by atoms with Crippen LogP contribution in [0.25, 0.3) is 0 Å². The van der Waals surface area contributed by atoms with Crippen LogP contribution in [0.5, 0.6) is 0 Å². The average molecular weight is 681 g/mol. The molecule has 0 spiro atoms. The quantitative estimate of drug-likeness (QED) is 0.402. The molecule has 0 aromatic heterocycles. The van der Waals surface area contributed by atoms with Gasteiger partial charge in [-0.15, -0.1) is 0 Å². The Labute approximate surface area is 168 Å². The fourth-order valence-electron chi connectivity index (χ4n) is 2.46. The molecule has 0 aromatic rings. The molecule has 0 radical (unpaired) electrons. The number of rotatable bonds is 6. The molecule has 0 aliphatic carbocycles. The van der Waals surface area contributed by atoms with Crippen molar-refractivity contribution in [3.05, 3.63) is 0 Å². The first kappa shape index (κ1) is 23.4. The van der Waals surface area contributed by atoms with Gasteiger partial charge in [0.25, 0.3) is 0 Å². The van der Waals surface area contributed by atoms with E-state index < -0.39 is 57.6 Å². The molecule has 0 unspecified atom stereocenters. The summed E-state index contributed by atoms with van der Waals surface area (Å²) in [5.41, 5.74) is -0.132. The van der Waals surface area contributed by atoms with Crippen molar-refractivity contribution < 1.29 is 18.4 Å². The maximum absolute atomic E-state index is 6.30. The molecule has 6 nitrogen and oxygen atoms in total. The van der Waals surface area contributed by atoms with Crippen molar-refractivity contribution in [1.82, 2.24) is 0 Å². The third kappa shape index (κ3) is 7.83. The summed E-state index contributed by atoms with van der Waals surface area (Å²) in [5.74, 6) is 0. The zero-order valence-corrected chi connectivity index (χ0v) is 25.8. The fourth-order valence-corrected chi connectivity index (χ4v) is 15.1. The molecular formula is C16H36O6Sn3. The molecule has 2 heterocycles. The molecule has 0 aromatic carbocycles. The van der Waals surface area contributed by atoms with Crippen LogP contribution in [0.3, 0.4) is 0 Å². The molecule has 2 aliphatic heterocycles. The molecule has 0 saturated carbocycles. The summed E-state index contributed by atoms with van der Waals surface area (Å²) in [6.07, 6.45) is 0. The summed E-state index contributed by atoms with van der Waals surface area (Å²) >= 11 is -8.28. The van der Waals surface area contributed by atoms with Gasteiger partial charge < -0.3 is 0 Å². The molecule has 0 atom stereocenters. The van der Waals surface area contributed by atoms with Crippen LogP contribution in [0, 0.1) is 10.8 Å². The predicted molar refractivity (Wildman–Crippen MR) is 104 cm³/mol. The minimum absolute atomic E-state index is 0.0660. The van der Waals surface area contributed by atoms with E-state index in [0.717, 1.165) is 26.4 Å². The molecular weight excluding hydrogens is 644 g/mol. The molecule has 148 valence electrons. The standard InChI is InChI=1S/2C5H9O3.6CH3.3Sn/c2*1-5(2-6,3-7)4-8;;;;;;;;;/h2*2-4H2,1H3;6*1H3;;;/q2*-3;;;;;;;3*+2. The average Bonchev–Trinajstić information content (AvgIpc) is 2.51. The van der Waals surface area contributed by atoms with Gasteiger partial charge in [-0.05, 0) is 0 Å². The first-order valence-corrected chi connectivity index (χ1v) is 33.2. The third-order valence-electron chi connectivity index (χ3n) is 4.61. The SMILES string of the molecule is CC1(C[O][Sn]([CH3])([CH3])[O]CC2(C)C[O][Sn]([CH3])([CH3])[O]C2)C[O][Sn]([CH3])([CH3])[O]C1. The van der Waals surface area contributed by atoms with Crippen LogP contribution in [0.2, 0.25) is 29.6 Å². The molecule has 25 heavy (non-hydrogen) atoms. The first-order chi connectivity index (χ1) is 11.2. The Balaban J connectivity index is 1.78. The van der Waals surface area contributed by atoms with Gasteiger partial charge in [0.15, 0.2) is 0 Å². The molecule has 0 bridgehead atoms. The summed E-state index contributed by atoms with van der Waals surface area (Å²) in [4.78, 5) is 13.0. The molecule has 9 heteroatoms. The molecule has 0 N–H and O–H groups in total. The zero-order valence-electron chi connectivity index (χ0n) is 17.2. The van der Waals surface area contributed by atoms with E-state index in [4.69, 9.17) is 18.4 Å². The van der Waals surface area contributed by atoms with Crippen LogP contribution >= 0.6 is 0 Å². The monoisotopic (exact) mass is 684 g/mol. The predicted octanol–water partition coefficient (Wildman–Crippen LogP) is 3.23. The second-order valence-corrected chi connectivity index (χ2v) is 38.5. The van der Waals surface area contributed by atoms with Gasteiger partial charge in [0, 0.05) is 0 Å². The van der Waals surface area contributed by atoms with E-state index in [1.807, 2.05) is 0 Å². The number of hydrogen-bond donors (Lipinski definition) is 0. The molecule has 2 aliphatic rings. The topological polar surface area (TPSA) is 55.4 Å². The van der Waals surface area contributed by atoms with Crippen LogP contribution < -0.4 is 0 Å². The van der Waals surface area contributed by atoms with Crippen molar-refractivity contribution in [3.8, 4) is 0 Å². The Hall–Kier alpha value is 2.16. The van der Waals surface area contributed by atoms with Crippen molar-refractivity contribution in [3.63, 3.8) is 0 Å². The van der Waals surface area contributed by atoms with Gasteiger partial charge in [-0.1, -0.05) is 0 Å². The summed E-state index contributed by atoms with van der Waals surface area (Å²) in [6.45, 7) is 8.58. The van der Waals surface area contributed by atoms with E-state index >= 15 is 0 Å². The zero-order chi connectivity index (χ0) is 19.0. The fraction of sp³-hybridized carbons (Fsp3) is 1.00. The second-order valence-electron chi connectivity index (χ2n) is 9.55. The summed E-state index contributed by atoms with van der Waals surface area (Å²) in [5, 5.41) is 0. The summed E-state index contributed by atoms with van der Waals surface area (Å²) < 4.78 is 36.6. The Morgan fingerprint density at radius 2 is 1.00 bits per heavy atom. The van der Waals surface area contributed by atoms with E-state index in [0.29, 0.717) is 13.2 Å². The first-order valence-electron chi connectivity index (χ1n) is 9.08. The van der Waals surface area contributed by atoms with Crippen LogP contribution in [0.15, 0.2) is 0 Å². The molecule has 2 rings (SSSR count). The second kappa shape index (κ2) is 8.49. The van der Waals surface area contributed by atoms with E-state index in [2.05, 4.69) is 43.5 Å². The van der Waals surface area contributed by atoms with Crippen molar-refractivity contribution in [2.45, 2.75) is 43.5 Å². The van der Waals surface area contributed by atoms with Gasteiger partial charge in [-0.2, -0.15) is 0 Å². The van der Waals surface area contributed by atoms with Crippen molar-refractivity contribution in [1.29, 1.82) is 0 Å². The van der Waals surface area contributed by atoms with Gasteiger partial charge in [-0.3, -0.25) is 0 Å². The van der Waals surface area contributed by atoms with Gasteiger partial charge >= 0.3 is 170 Å². The van der Waals surface area contributed by atoms with Crippen molar-refractivity contribution in [2.75, 3.05) is 39.6 Å². The Morgan fingerprint density at radius 3 is 1.28 bits per heavy atom. The Kier molecular flexibility index (Phi) is 7.96. The minimum atomic E-state index is -3.02. The summed E-state index contributed by atoms with van der Waals surface area (Å²) in [7, 11) is 0. The van der Waals surface area contributed by atoms with Crippen molar-refractivity contribution in [2.24, 2.45) is 10.8 Å². The van der Waals surface area contributed by atoms with Crippen LogP contribution in [-0.2, 0) is 18.4 Å². The van der Waals surface area contributed by atoms with E-state index in [1.54, 1.807) is 0 Å². The van der Waals surface area contributed by atoms with Crippen LogP contribution in [0.1, 0.15) is 13.8 Å². The van der Waals surface area contributed by atoms with Gasteiger partial charge in [0.05, 0.1) is 0 Å². The molecule has 2 fully saturated rings. The summed E-state index contributed by atoms with van der Waals surface area (Å²) in [6, 6.07) is 0. The van der Waals surface area contributed by atoms with E-state index in [1.165, 1.54) is 0 Å². The van der Waals surface area contributed by atoms with Gasteiger partial charge in [0.1, 0.15) is 0 Å². The maximum atomic E-state index is 6.30. The Bertz CT molecular complexity index is 409. The van der Waals surface area contributed by atoms with E-state index in [9.17, 15) is 0 Å².